The van der Waals surface area contributed by atoms with Gasteiger partial charge in [0.2, 0.25) is 5.91 Å². The van der Waals surface area contributed by atoms with Crippen molar-refractivity contribution in [3.05, 3.63) is 12.7 Å². The predicted octanol–water partition coefficient (Wildman–Crippen LogP) is 2.80. The first-order valence-electron chi connectivity index (χ1n) is 11.1. The summed E-state index contributed by atoms with van der Waals surface area (Å²) in [5.74, 6) is 0.0243. The fourth-order valence-electron chi connectivity index (χ4n) is 3.49. The molecule has 3 nitrogen and oxygen atoms in total. The molecule has 0 bridgehead atoms. The summed E-state index contributed by atoms with van der Waals surface area (Å²) in [6.45, 7) is 9.03. The fraction of sp³-hybridized carbons (Fsp3) is 0.870. The van der Waals surface area contributed by atoms with Crippen LogP contribution in [0.1, 0.15) is 90.4 Å². The molecule has 0 aliphatic heterocycles. The highest BCUT2D eigenvalue weighted by atomic mass is 35.5. The van der Waals surface area contributed by atoms with Crippen LogP contribution in [0.5, 0.6) is 0 Å². The molecule has 4 heteroatoms. The van der Waals surface area contributed by atoms with Gasteiger partial charge in [-0.2, -0.15) is 0 Å². The first-order valence-corrected chi connectivity index (χ1v) is 11.1. The van der Waals surface area contributed by atoms with Crippen molar-refractivity contribution in [3.8, 4) is 0 Å². The smallest absolute Gasteiger partial charge is 0.245 e. The van der Waals surface area contributed by atoms with Crippen molar-refractivity contribution in [1.29, 1.82) is 0 Å². The summed E-state index contributed by atoms with van der Waals surface area (Å²) in [5, 5.41) is 0. The summed E-state index contributed by atoms with van der Waals surface area (Å²) in [4.78, 5) is 13.2. The SMILES string of the molecule is C=CC(=O)N(C)CCC[N+](C)(C)CCCCCCCCCCCCCC.[Cl-]. The Hall–Kier alpha value is -0.540. The van der Waals surface area contributed by atoms with Crippen LogP contribution in [0.25, 0.3) is 0 Å². The van der Waals surface area contributed by atoms with Gasteiger partial charge in [0.15, 0.2) is 0 Å². The van der Waals surface area contributed by atoms with Crippen LogP contribution in [0.15, 0.2) is 12.7 Å². The zero-order chi connectivity index (χ0) is 19.7. The molecule has 0 atom stereocenters. The number of carbonyl (C=O) groups is 1. The van der Waals surface area contributed by atoms with Gasteiger partial charge in [0, 0.05) is 20.0 Å². The third kappa shape index (κ3) is 18.6. The molecule has 1 amide bonds. The van der Waals surface area contributed by atoms with Crippen molar-refractivity contribution in [3.63, 3.8) is 0 Å². The number of hydrogen-bond acceptors (Lipinski definition) is 1. The second kappa shape index (κ2) is 18.8. The maximum atomic E-state index is 11.5. The van der Waals surface area contributed by atoms with Crippen LogP contribution in [0, 0.1) is 0 Å². The van der Waals surface area contributed by atoms with Gasteiger partial charge in [0.1, 0.15) is 0 Å². The van der Waals surface area contributed by atoms with E-state index in [-0.39, 0.29) is 18.3 Å². The highest BCUT2D eigenvalue weighted by Gasteiger charge is 2.15. The number of hydrogen-bond donors (Lipinski definition) is 0. The average molecular weight is 403 g/mol. The zero-order valence-corrected chi connectivity index (χ0v) is 19.5. The van der Waals surface area contributed by atoms with Crippen LogP contribution in [-0.4, -0.2) is 56.1 Å². The lowest BCUT2D eigenvalue weighted by Gasteiger charge is -2.30. The van der Waals surface area contributed by atoms with Crippen LogP contribution < -0.4 is 12.4 Å². The van der Waals surface area contributed by atoms with E-state index in [1.165, 1.54) is 89.7 Å². The largest absolute Gasteiger partial charge is 1.00 e. The van der Waals surface area contributed by atoms with Crippen LogP contribution in [0.4, 0.5) is 0 Å². The molecule has 0 heterocycles. The third-order valence-electron chi connectivity index (χ3n) is 5.42. The van der Waals surface area contributed by atoms with E-state index >= 15 is 0 Å². The summed E-state index contributed by atoms with van der Waals surface area (Å²) in [7, 11) is 6.48. The Morgan fingerprint density at radius 1 is 0.815 bits per heavy atom. The number of unbranched alkanes of at least 4 members (excludes halogenated alkanes) is 11. The van der Waals surface area contributed by atoms with Crippen LogP contribution in [0.2, 0.25) is 0 Å². The minimum Gasteiger partial charge on any atom is -1.00 e. The molecule has 0 fully saturated rings. The molecule has 0 aromatic carbocycles. The van der Waals surface area contributed by atoms with Gasteiger partial charge in [-0.05, 0) is 18.9 Å². The van der Waals surface area contributed by atoms with Crippen molar-refractivity contribution < 1.29 is 21.7 Å². The fourth-order valence-corrected chi connectivity index (χ4v) is 3.49. The second-order valence-electron chi connectivity index (χ2n) is 8.59. The van der Waals surface area contributed by atoms with E-state index in [1.54, 1.807) is 4.90 Å². The maximum Gasteiger partial charge on any atom is 0.245 e. The summed E-state index contributed by atoms with van der Waals surface area (Å²) in [6, 6.07) is 0. The van der Waals surface area contributed by atoms with Crippen molar-refractivity contribution in [2.45, 2.75) is 90.4 Å². The van der Waals surface area contributed by atoms with E-state index in [1.807, 2.05) is 7.05 Å². The Labute approximate surface area is 176 Å². The molecule has 0 saturated carbocycles. The van der Waals surface area contributed by atoms with Crippen LogP contribution >= 0.6 is 0 Å². The first-order chi connectivity index (χ1) is 12.4. The highest BCUT2D eigenvalue weighted by molar-refractivity contribution is 5.86. The summed E-state index contributed by atoms with van der Waals surface area (Å²) in [5.41, 5.74) is 0. The van der Waals surface area contributed by atoms with Crippen LogP contribution in [0.3, 0.4) is 0 Å². The molecule has 27 heavy (non-hydrogen) atoms. The Morgan fingerprint density at radius 2 is 1.22 bits per heavy atom. The van der Waals surface area contributed by atoms with E-state index in [0.717, 1.165) is 24.0 Å². The average Bonchev–Trinajstić information content (AvgIpc) is 2.61. The lowest BCUT2D eigenvalue weighted by molar-refractivity contribution is -0.890. The summed E-state index contributed by atoms with van der Waals surface area (Å²) in [6.07, 6.45) is 19.3. The number of nitrogens with zero attached hydrogens (tertiary/aromatic N) is 2. The second-order valence-corrected chi connectivity index (χ2v) is 8.59. The Morgan fingerprint density at radius 3 is 1.67 bits per heavy atom. The van der Waals surface area contributed by atoms with Gasteiger partial charge in [-0.1, -0.05) is 77.7 Å². The number of rotatable bonds is 18. The molecule has 0 saturated heterocycles. The number of carbonyl (C=O) groups excluding carboxylic acids is 1. The molecule has 0 aromatic heterocycles. The van der Waals surface area contributed by atoms with Crippen LogP contribution in [-0.2, 0) is 4.79 Å². The molecule has 162 valence electrons. The van der Waals surface area contributed by atoms with Crippen molar-refractivity contribution in [2.75, 3.05) is 40.8 Å². The Kier molecular flexibility index (Phi) is 20.0. The Balaban J connectivity index is 0. The lowest BCUT2D eigenvalue weighted by Crippen LogP contribution is -3.00. The molecule has 0 aliphatic carbocycles. The first kappa shape index (κ1) is 28.7. The normalized spacial score (nSPS) is 11.1. The molecule has 0 spiro atoms. The molecule has 0 aliphatic rings. The molecular weight excluding hydrogens is 356 g/mol. The van der Waals surface area contributed by atoms with E-state index in [0.29, 0.717) is 0 Å². The van der Waals surface area contributed by atoms with Gasteiger partial charge >= 0.3 is 0 Å². The molecule has 0 aromatic rings. The van der Waals surface area contributed by atoms with E-state index < -0.39 is 0 Å². The number of likely N-dealkylation sites (N-methyl/N-ethyl adjacent to an activating group) is 1. The maximum absolute atomic E-state index is 11.5. The van der Waals surface area contributed by atoms with Gasteiger partial charge in [-0.15, -0.1) is 0 Å². The predicted molar refractivity (Wildman–Crippen MR) is 115 cm³/mol. The topological polar surface area (TPSA) is 20.3 Å². The Bertz CT molecular complexity index is 358. The minimum atomic E-state index is 0. The standard InChI is InChI=1S/C23H47N2O.ClH/c1-6-8-9-10-11-12-13-14-15-16-17-18-21-25(4,5)22-19-20-24(3)23(26)7-2;/h7H,2,6,8-22H2,1,3-5H3;1H/q+1;/p-1. The summed E-state index contributed by atoms with van der Waals surface area (Å²) >= 11 is 0. The lowest BCUT2D eigenvalue weighted by atomic mass is 10.1. The molecule has 0 rings (SSSR count). The molecule has 0 N–H and O–H groups in total. The zero-order valence-electron chi connectivity index (χ0n) is 18.8. The minimum absolute atomic E-state index is 0. The number of quaternary nitrogens is 1. The van der Waals surface area contributed by atoms with E-state index in [2.05, 4.69) is 27.6 Å². The number of halogens is 1. The van der Waals surface area contributed by atoms with Crippen molar-refractivity contribution in [1.82, 2.24) is 4.90 Å². The van der Waals surface area contributed by atoms with Gasteiger partial charge in [-0.3, -0.25) is 4.79 Å². The third-order valence-corrected chi connectivity index (χ3v) is 5.42. The van der Waals surface area contributed by atoms with Gasteiger partial charge in [-0.25, -0.2) is 0 Å². The molecule has 0 radical (unpaired) electrons. The van der Waals surface area contributed by atoms with Gasteiger partial charge in [0.25, 0.3) is 0 Å². The monoisotopic (exact) mass is 402 g/mol. The van der Waals surface area contributed by atoms with E-state index in [4.69, 9.17) is 0 Å². The summed E-state index contributed by atoms with van der Waals surface area (Å²) < 4.78 is 1.06. The van der Waals surface area contributed by atoms with Crippen molar-refractivity contribution in [2.24, 2.45) is 0 Å². The quantitative estimate of drug-likeness (QED) is 0.196. The molecular formula is C23H47ClN2O. The molecule has 0 unspecified atom stereocenters. The van der Waals surface area contributed by atoms with Gasteiger partial charge in [0.05, 0.1) is 27.2 Å². The van der Waals surface area contributed by atoms with E-state index in [9.17, 15) is 4.79 Å². The van der Waals surface area contributed by atoms with Gasteiger partial charge < -0.3 is 21.8 Å². The highest BCUT2D eigenvalue weighted by Crippen LogP contribution is 2.13. The van der Waals surface area contributed by atoms with Crippen molar-refractivity contribution >= 4 is 5.91 Å². The number of amides is 1.